The molecule has 1 heterocycles. The van der Waals surface area contributed by atoms with Gasteiger partial charge >= 0.3 is 0 Å². The summed E-state index contributed by atoms with van der Waals surface area (Å²) in [6.45, 7) is 3.23. The molecular formula is C15H19N3OS. The zero-order chi connectivity index (χ0) is 14.5. The number of allylic oxidation sites excluding steroid dienone is 1. The Balaban J connectivity index is 1.96. The number of benzene rings is 1. The minimum atomic E-state index is 0.0291. The number of fused-ring (bicyclic) bond motifs is 1. The zero-order valence-electron chi connectivity index (χ0n) is 11.4. The SMILES string of the molecule is CC(N)=CC(=S)CNCc1ccc2[nH]c(CO)cc2c1. The normalized spacial score (nSPS) is 12.0. The fraction of sp³-hybridized carbons (Fsp3) is 0.267. The van der Waals surface area contributed by atoms with E-state index in [0.717, 1.165) is 33.7 Å². The molecule has 0 atom stereocenters. The number of nitrogens with one attached hydrogen (secondary N) is 2. The highest BCUT2D eigenvalue weighted by Gasteiger charge is 2.01. The lowest BCUT2D eigenvalue weighted by Gasteiger charge is -2.04. The van der Waals surface area contributed by atoms with Crippen molar-refractivity contribution < 1.29 is 5.11 Å². The third-order valence-electron chi connectivity index (χ3n) is 2.93. The molecule has 0 unspecified atom stereocenters. The molecule has 5 heteroatoms. The maximum atomic E-state index is 9.11. The fourth-order valence-electron chi connectivity index (χ4n) is 2.07. The summed E-state index contributed by atoms with van der Waals surface area (Å²) in [5.74, 6) is 0. The zero-order valence-corrected chi connectivity index (χ0v) is 12.3. The van der Waals surface area contributed by atoms with E-state index in [4.69, 9.17) is 23.1 Å². The van der Waals surface area contributed by atoms with Gasteiger partial charge in [-0.15, -0.1) is 0 Å². The summed E-state index contributed by atoms with van der Waals surface area (Å²) < 4.78 is 0. The van der Waals surface area contributed by atoms with Crippen molar-refractivity contribution in [1.29, 1.82) is 0 Å². The van der Waals surface area contributed by atoms with E-state index in [1.165, 1.54) is 5.56 Å². The Morgan fingerprint density at radius 1 is 1.45 bits per heavy atom. The van der Waals surface area contributed by atoms with Crippen molar-refractivity contribution in [3.63, 3.8) is 0 Å². The second-order valence-electron chi connectivity index (χ2n) is 4.83. The highest BCUT2D eigenvalue weighted by atomic mass is 32.1. The smallest absolute Gasteiger partial charge is 0.0831 e. The summed E-state index contributed by atoms with van der Waals surface area (Å²) >= 11 is 5.19. The van der Waals surface area contributed by atoms with E-state index in [9.17, 15) is 0 Å². The van der Waals surface area contributed by atoms with Crippen LogP contribution in [0.2, 0.25) is 0 Å². The van der Waals surface area contributed by atoms with E-state index in [1.807, 2.05) is 19.1 Å². The number of aromatic amines is 1. The molecule has 20 heavy (non-hydrogen) atoms. The topological polar surface area (TPSA) is 74.1 Å². The van der Waals surface area contributed by atoms with Gasteiger partial charge in [-0.25, -0.2) is 0 Å². The number of aliphatic hydroxyl groups excluding tert-OH is 1. The van der Waals surface area contributed by atoms with Crippen LogP contribution in [0.15, 0.2) is 36.0 Å². The maximum absolute atomic E-state index is 9.11. The molecule has 0 saturated heterocycles. The molecule has 0 amide bonds. The van der Waals surface area contributed by atoms with E-state index in [-0.39, 0.29) is 6.61 Å². The second kappa shape index (κ2) is 6.65. The summed E-state index contributed by atoms with van der Waals surface area (Å²) in [6.07, 6.45) is 1.80. The van der Waals surface area contributed by atoms with Gasteiger partial charge in [0.15, 0.2) is 0 Å². The standard InChI is InChI=1S/C15H19N3OS/c1-10(16)4-14(20)8-17-7-11-2-3-15-12(5-11)6-13(9-19)18-15/h2-6,17-19H,7-9,16H2,1H3. The molecule has 0 spiro atoms. The van der Waals surface area contributed by atoms with Gasteiger partial charge in [-0.05, 0) is 36.8 Å². The van der Waals surface area contributed by atoms with Crippen LogP contribution >= 0.6 is 12.2 Å². The van der Waals surface area contributed by atoms with Crippen LogP contribution in [0, 0.1) is 0 Å². The van der Waals surface area contributed by atoms with Gasteiger partial charge in [-0.2, -0.15) is 0 Å². The molecule has 106 valence electrons. The molecule has 0 bridgehead atoms. The second-order valence-corrected chi connectivity index (χ2v) is 5.36. The number of H-pyrrole nitrogens is 1. The van der Waals surface area contributed by atoms with E-state index >= 15 is 0 Å². The monoisotopic (exact) mass is 289 g/mol. The predicted octanol–water partition coefficient (Wildman–Crippen LogP) is 1.98. The lowest BCUT2D eigenvalue weighted by molar-refractivity contribution is 0.278. The van der Waals surface area contributed by atoms with Gasteiger partial charge in [-0.3, -0.25) is 0 Å². The summed E-state index contributed by atoms with van der Waals surface area (Å²) in [6, 6.07) is 8.14. The minimum Gasteiger partial charge on any atom is -0.402 e. The van der Waals surface area contributed by atoms with Gasteiger partial charge in [0, 0.05) is 40.2 Å². The Morgan fingerprint density at radius 2 is 2.25 bits per heavy atom. The number of aromatic nitrogens is 1. The van der Waals surface area contributed by atoms with Crippen molar-refractivity contribution in [3.05, 3.63) is 47.3 Å². The van der Waals surface area contributed by atoms with E-state index in [0.29, 0.717) is 6.54 Å². The average molecular weight is 289 g/mol. The highest BCUT2D eigenvalue weighted by Crippen LogP contribution is 2.17. The lowest BCUT2D eigenvalue weighted by atomic mass is 10.1. The quantitative estimate of drug-likeness (QED) is 0.485. The summed E-state index contributed by atoms with van der Waals surface area (Å²) in [4.78, 5) is 3.96. The molecule has 0 radical (unpaired) electrons. The predicted molar refractivity (Wildman–Crippen MR) is 86.5 cm³/mol. The molecule has 0 aliphatic heterocycles. The molecule has 5 N–H and O–H groups in total. The highest BCUT2D eigenvalue weighted by molar-refractivity contribution is 7.80. The van der Waals surface area contributed by atoms with Gasteiger partial charge in [-0.1, -0.05) is 18.3 Å². The summed E-state index contributed by atoms with van der Waals surface area (Å²) in [5, 5.41) is 13.5. The summed E-state index contributed by atoms with van der Waals surface area (Å²) in [5.41, 5.74) is 9.34. The molecule has 0 fully saturated rings. The first-order valence-corrected chi connectivity index (χ1v) is 6.88. The van der Waals surface area contributed by atoms with Crippen LogP contribution < -0.4 is 11.1 Å². The largest absolute Gasteiger partial charge is 0.402 e. The molecule has 0 saturated carbocycles. The van der Waals surface area contributed by atoms with Crippen LogP contribution in [0.1, 0.15) is 18.2 Å². The Bertz CT molecular complexity index is 642. The Labute approximate surface area is 123 Å². The molecule has 0 aliphatic carbocycles. The van der Waals surface area contributed by atoms with Crippen molar-refractivity contribution in [2.75, 3.05) is 6.54 Å². The van der Waals surface area contributed by atoms with E-state index in [2.05, 4.69) is 22.4 Å². The Hall–Kier alpha value is -1.69. The van der Waals surface area contributed by atoms with Crippen molar-refractivity contribution in [2.24, 2.45) is 5.73 Å². The third kappa shape index (κ3) is 3.90. The minimum absolute atomic E-state index is 0.0291. The first-order chi connectivity index (χ1) is 9.58. The lowest BCUT2D eigenvalue weighted by Crippen LogP contribution is -2.20. The summed E-state index contributed by atoms with van der Waals surface area (Å²) in [7, 11) is 0. The van der Waals surface area contributed by atoms with Crippen LogP contribution in [-0.4, -0.2) is 21.5 Å². The van der Waals surface area contributed by atoms with Crippen LogP contribution in [-0.2, 0) is 13.2 Å². The first-order valence-electron chi connectivity index (χ1n) is 6.47. The van der Waals surface area contributed by atoms with Crippen molar-refractivity contribution in [3.8, 4) is 0 Å². The average Bonchev–Trinajstić information content (AvgIpc) is 2.80. The molecule has 2 aromatic rings. The number of thiocarbonyl (C=S) groups is 1. The molecule has 1 aromatic carbocycles. The molecular weight excluding hydrogens is 270 g/mol. The number of hydrogen-bond donors (Lipinski definition) is 4. The third-order valence-corrected chi connectivity index (χ3v) is 3.19. The molecule has 1 aromatic heterocycles. The van der Waals surface area contributed by atoms with Gasteiger partial charge in [0.1, 0.15) is 0 Å². The maximum Gasteiger partial charge on any atom is 0.0831 e. The van der Waals surface area contributed by atoms with Gasteiger partial charge in [0.05, 0.1) is 6.61 Å². The van der Waals surface area contributed by atoms with Crippen LogP contribution in [0.5, 0.6) is 0 Å². The van der Waals surface area contributed by atoms with Gasteiger partial charge < -0.3 is 21.1 Å². The van der Waals surface area contributed by atoms with E-state index in [1.54, 1.807) is 6.08 Å². The van der Waals surface area contributed by atoms with Gasteiger partial charge in [0.25, 0.3) is 0 Å². The van der Waals surface area contributed by atoms with Crippen molar-refractivity contribution >= 4 is 28.0 Å². The van der Waals surface area contributed by atoms with Gasteiger partial charge in [0.2, 0.25) is 0 Å². The van der Waals surface area contributed by atoms with Crippen molar-refractivity contribution in [2.45, 2.75) is 20.1 Å². The fourth-order valence-corrected chi connectivity index (χ4v) is 2.36. The number of aliphatic hydroxyl groups is 1. The Morgan fingerprint density at radius 3 is 2.95 bits per heavy atom. The van der Waals surface area contributed by atoms with Crippen LogP contribution in [0.3, 0.4) is 0 Å². The first kappa shape index (κ1) is 14.7. The number of hydrogen-bond acceptors (Lipinski definition) is 4. The number of nitrogens with two attached hydrogens (primary N) is 1. The number of rotatable bonds is 6. The molecule has 0 aliphatic rings. The van der Waals surface area contributed by atoms with Crippen molar-refractivity contribution in [1.82, 2.24) is 10.3 Å². The van der Waals surface area contributed by atoms with Crippen LogP contribution in [0.25, 0.3) is 10.9 Å². The Kier molecular flexibility index (Phi) is 4.89. The van der Waals surface area contributed by atoms with E-state index < -0.39 is 0 Å². The molecule has 4 nitrogen and oxygen atoms in total. The molecule has 2 rings (SSSR count). The van der Waals surface area contributed by atoms with Crippen LogP contribution in [0.4, 0.5) is 0 Å².